The molecule has 0 bridgehead atoms. The Hall–Kier alpha value is -1.42. The molecule has 0 spiro atoms. The second kappa shape index (κ2) is 6.23. The minimum atomic E-state index is 0.259. The Labute approximate surface area is 98.8 Å². The van der Waals surface area contributed by atoms with Crippen LogP contribution in [-0.2, 0) is 0 Å². The van der Waals surface area contributed by atoms with Crippen molar-refractivity contribution in [3.63, 3.8) is 0 Å². The predicted molar refractivity (Wildman–Crippen MR) is 68.7 cm³/mol. The fraction of sp³-hybridized carbons (Fsp3) is 0.467. The van der Waals surface area contributed by atoms with E-state index in [1.807, 2.05) is 12.1 Å². The van der Waals surface area contributed by atoms with Gasteiger partial charge in [0, 0.05) is 12.0 Å². The summed E-state index contributed by atoms with van der Waals surface area (Å²) in [6.07, 6.45) is 2.16. The highest BCUT2D eigenvalue weighted by molar-refractivity contribution is 5.45. The van der Waals surface area contributed by atoms with E-state index in [2.05, 4.69) is 45.6 Å². The molecule has 1 rings (SSSR count). The molecule has 1 unspecified atom stereocenters. The molecule has 0 aliphatic heterocycles. The average molecular weight is 216 g/mol. The quantitative estimate of drug-likeness (QED) is 0.695. The van der Waals surface area contributed by atoms with Gasteiger partial charge >= 0.3 is 0 Å². The van der Waals surface area contributed by atoms with Crippen LogP contribution in [0.15, 0.2) is 18.2 Å². The van der Waals surface area contributed by atoms with Gasteiger partial charge in [0.25, 0.3) is 0 Å². The molecule has 0 saturated heterocycles. The fourth-order valence-corrected chi connectivity index (χ4v) is 1.31. The lowest BCUT2D eigenvalue weighted by molar-refractivity contribution is 0.217. The van der Waals surface area contributed by atoms with Crippen LogP contribution in [0.3, 0.4) is 0 Å². The van der Waals surface area contributed by atoms with Crippen molar-refractivity contribution in [1.82, 2.24) is 0 Å². The first-order chi connectivity index (χ1) is 7.67. The number of hydrogen-bond acceptors (Lipinski definition) is 1. The Bertz CT molecular complexity index is 396. The molecule has 0 amide bonds. The molecule has 1 heteroatoms. The molecular formula is C15H20O. The summed E-state index contributed by atoms with van der Waals surface area (Å²) in [4.78, 5) is 0. The molecule has 0 radical (unpaired) electrons. The van der Waals surface area contributed by atoms with E-state index in [1.165, 1.54) is 5.56 Å². The molecule has 86 valence electrons. The van der Waals surface area contributed by atoms with Crippen LogP contribution >= 0.6 is 0 Å². The van der Waals surface area contributed by atoms with Crippen molar-refractivity contribution in [3.8, 4) is 17.6 Å². The minimum absolute atomic E-state index is 0.259. The lowest BCUT2D eigenvalue weighted by atomic mass is 10.1. The van der Waals surface area contributed by atoms with Crippen molar-refractivity contribution < 1.29 is 4.74 Å². The van der Waals surface area contributed by atoms with Crippen LogP contribution in [0, 0.1) is 18.8 Å². The van der Waals surface area contributed by atoms with Gasteiger partial charge in [-0.05, 0) is 38.0 Å². The molecule has 16 heavy (non-hydrogen) atoms. The summed E-state index contributed by atoms with van der Waals surface area (Å²) in [6, 6.07) is 6.11. The largest absolute Gasteiger partial charge is 0.491 e. The van der Waals surface area contributed by atoms with E-state index in [1.54, 1.807) is 0 Å². The first-order valence-electron chi connectivity index (χ1n) is 5.93. The summed E-state index contributed by atoms with van der Waals surface area (Å²) in [5, 5.41) is 0. The first-order valence-corrected chi connectivity index (χ1v) is 5.93. The van der Waals surface area contributed by atoms with Gasteiger partial charge in [-0.1, -0.05) is 31.8 Å². The smallest absolute Gasteiger partial charge is 0.120 e. The zero-order valence-corrected chi connectivity index (χ0v) is 10.6. The van der Waals surface area contributed by atoms with E-state index in [0.29, 0.717) is 0 Å². The normalized spacial score (nSPS) is 11.5. The summed E-state index contributed by atoms with van der Waals surface area (Å²) < 4.78 is 5.77. The van der Waals surface area contributed by atoms with Crippen molar-refractivity contribution >= 4 is 0 Å². The van der Waals surface area contributed by atoms with Gasteiger partial charge in [-0.15, -0.1) is 0 Å². The van der Waals surface area contributed by atoms with Crippen molar-refractivity contribution in [2.24, 2.45) is 0 Å². The van der Waals surface area contributed by atoms with Gasteiger partial charge in [0.05, 0.1) is 6.10 Å². The van der Waals surface area contributed by atoms with Crippen LogP contribution in [0.1, 0.15) is 44.7 Å². The van der Waals surface area contributed by atoms with Crippen LogP contribution in [0.5, 0.6) is 5.75 Å². The van der Waals surface area contributed by atoms with Crippen LogP contribution in [0.4, 0.5) is 0 Å². The van der Waals surface area contributed by atoms with E-state index in [0.717, 1.165) is 24.2 Å². The monoisotopic (exact) mass is 216 g/mol. The van der Waals surface area contributed by atoms with Gasteiger partial charge in [-0.3, -0.25) is 0 Å². The Morgan fingerprint density at radius 3 is 2.69 bits per heavy atom. The maximum Gasteiger partial charge on any atom is 0.120 e. The summed E-state index contributed by atoms with van der Waals surface area (Å²) in [5.74, 6) is 7.18. The molecule has 1 aromatic rings. The molecule has 0 aromatic heterocycles. The second-order valence-corrected chi connectivity index (χ2v) is 3.97. The number of ether oxygens (including phenoxy) is 1. The highest BCUT2D eigenvalue weighted by Gasteiger charge is 2.02. The summed E-state index contributed by atoms with van der Waals surface area (Å²) in [5.41, 5.74) is 2.28. The standard InChI is InChI=1S/C15H20O/c1-5-7-8-14-11-15(10-9-12(14)3)16-13(4)6-2/h9-11,13H,5-6H2,1-4H3. The molecule has 0 aliphatic rings. The second-order valence-electron chi connectivity index (χ2n) is 3.97. The predicted octanol–water partition coefficient (Wildman–Crippen LogP) is 3.93. The third-order valence-corrected chi connectivity index (χ3v) is 2.52. The fourth-order valence-electron chi connectivity index (χ4n) is 1.31. The van der Waals surface area contributed by atoms with Crippen molar-refractivity contribution in [3.05, 3.63) is 29.3 Å². The molecule has 1 aromatic carbocycles. The third kappa shape index (κ3) is 3.62. The van der Waals surface area contributed by atoms with Gasteiger partial charge in [0.2, 0.25) is 0 Å². The van der Waals surface area contributed by atoms with E-state index < -0.39 is 0 Å². The van der Waals surface area contributed by atoms with Crippen LogP contribution in [0.25, 0.3) is 0 Å². The number of rotatable bonds is 3. The molecule has 0 N–H and O–H groups in total. The maximum atomic E-state index is 5.77. The van der Waals surface area contributed by atoms with E-state index in [4.69, 9.17) is 4.74 Å². The van der Waals surface area contributed by atoms with Crippen LogP contribution in [0.2, 0.25) is 0 Å². The Balaban J connectivity index is 2.89. The Morgan fingerprint density at radius 1 is 1.31 bits per heavy atom. The Morgan fingerprint density at radius 2 is 2.06 bits per heavy atom. The zero-order valence-electron chi connectivity index (χ0n) is 10.6. The van der Waals surface area contributed by atoms with Crippen molar-refractivity contribution in [2.75, 3.05) is 0 Å². The van der Waals surface area contributed by atoms with Crippen LogP contribution < -0.4 is 4.74 Å². The van der Waals surface area contributed by atoms with E-state index >= 15 is 0 Å². The molecule has 0 saturated carbocycles. The summed E-state index contributed by atoms with van der Waals surface area (Å²) >= 11 is 0. The topological polar surface area (TPSA) is 9.23 Å². The van der Waals surface area contributed by atoms with Crippen molar-refractivity contribution in [2.45, 2.75) is 46.6 Å². The van der Waals surface area contributed by atoms with Gasteiger partial charge in [0.1, 0.15) is 5.75 Å². The molecule has 0 heterocycles. The third-order valence-electron chi connectivity index (χ3n) is 2.52. The lowest BCUT2D eigenvalue weighted by Crippen LogP contribution is -2.09. The van der Waals surface area contributed by atoms with Gasteiger partial charge in [-0.2, -0.15) is 0 Å². The molecule has 1 atom stereocenters. The lowest BCUT2D eigenvalue weighted by Gasteiger charge is -2.13. The Kier molecular flexibility index (Phi) is 4.92. The highest BCUT2D eigenvalue weighted by Crippen LogP contribution is 2.18. The highest BCUT2D eigenvalue weighted by atomic mass is 16.5. The van der Waals surface area contributed by atoms with Gasteiger partial charge < -0.3 is 4.74 Å². The van der Waals surface area contributed by atoms with Gasteiger partial charge in [-0.25, -0.2) is 0 Å². The number of aryl methyl sites for hydroxylation is 1. The number of hydrogen-bond donors (Lipinski definition) is 0. The minimum Gasteiger partial charge on any atom is -0.491 e. The number of benzene rings is 1. The first kappa shape index (κ1) is 12.6. The molecule has 0 aliphatic carbocycles. The zero-order chi connectivity index (χ0) is 12.0. The SMILES string of the molecule is CCC#Cc1cc(OC(C)CC)ccc1C. The molecule has 1 nitrogen and oxygen atoms in total. The molecular weight excluding hydrogens is 196 g/mol. The molecule has 0 fully saturated rings. The van der Waals surface area contributed by atoms with E-state index in [-0.39, 0.29) is 6.10 Å². The summed E-state index contributed by atoms with van der Waals surface area (Å²) in [6.45, 7) is 8.34. The van der Waals surface area contributed by atoms with Gasteiger partial charge in [0.15, 0.2) is 0 Å². The van der Waals surface area contributed by atoms with Crippen molar-refractivity contribution in [1.29, 1.82) is 0 Å². The van der Waals surface area contributed by atoms with Crippen LogP contribution in [-0.4, -0.2) is 6.10 Å². The van der Waals surface area contributed by atoms with E-state index in [9.17, 15) is 0 Å². The summed E-state index contributed by atoms with van der Waals surface area (Å²) in [7, 11) is 0. The average Bonchev–Trinajstić information content (AvgIpc) is 2.29. The maximum absolute atomic E-state index is 5.77.